The van der Waals surface area contributed by atoms with E-state index >= 15 is 0 Å². The van der Waals surface area contributed by atoms with Crippen molar-refractivity contribution in [2.75, 3.05) is 36.5 Å². The molecule has 0 atom stereocenters. The third-order valence-corrected chi connectivity index (χ3v) is 6.53. The first-order chi connectivity index (χ1) is 9.35. The Kier molecular flexibility index (Phi) is 4.31. The van der Waals surface area contributed by atoms with E-state index in [0.717, 1.165) is 0 Å². The molecule has 1 aliphatic heterocycles. The molecule has 1 saturated heterocycles. The Bertz CT molecular complexity index is 671. The Hall–Kier alpha value is -1.19. The van der Waals surface area contributed by atoms with Gasteiger partial charge in [0.1, 0.15) is 5.82 Å². The van der Waals surface area contributed by atoms with Crippen molar-refractivity contribution in [3.8, 4) is 0 Å². The third-order valence-electron chi connectivity index (χ3n) is 3.03. The fourth-order valence-electron chi connectivity index (χ4n) is 1.93. The molecule has 9 heteroatoms. The summed E-state index contributed by atoms with van der Waals surface area (Å²) in [7, 11) is -6.77. The summed E-state index contributed by atoms with van der Waals surface area (Å²) in [5.74, 6) is 0.229. The van der Waals surface area contributed by atoms with Crippen molar-refractivity contribution in [3.05, 3.63) is 18.3 Å². The maximum Gasteiger partial charge on any atom is 0.243 e. The maximum absolute atomic E-state index is 12.4. The SMILES string of the molecule is CCNc1cc(S(=O)(=O)N2CCS(=O)(=O)CC2)ccn1. The number of aromatic nitrogens is 1. The molecule has 7 nitrogen and oxygen atoms in total. The average molecular weight is 319 g/mol. The summed E-state index contributed by atoms with van der Waals surface area (Å²) in [6, 6.07) is 2.88. The van der Waals surface area contributed by atoms with Gasteiger partial charge < -0.3 is 5.32 Å². The van der Waals surface area contributed by atoms with Gasteiger partial charge >= 0.3 is 0 Å². The predicted molar refractivity (Wildman–Crippen MR) is 75.8 cm³/mol. The molecule has 0 bridgehead atoms. The van der Waals surface area contributed by atoms with Crippen molar-refractivity contribution >= 4 is 25.7 Å². The van der Waals surface area contributed by atoms with Crippen LogP contribution in [-0.2, 0) is 19.9 Å². The Morgan fingerprint density at radius 3 is 2.60 bits per heavy atom. The summed E-state index contributed by atoms with van der Waals surface area (Å²) in [6.45, 7) is 2.53. The van der Waals surface area contributed by atoms with Crippen molar-refractivity contribution in [1.82, 2.24) is 9.29 Å². The quantitative estimate of drug-likeness (QED) is 0.834. The van der Waals surface area contributed by atoms with Crippen LogP contribution in [0.1, 0.15) is 6.92 Å². The van der Waals surface area contributed by atoms with E-state index < -0.39 is 19.9 Å². The first-order valence-electron chi connectivity index (χ1n) is 6.25. The summed E-state index contributed by atoms with van der Waals surface area (Å²) >= 11 is 0. The summed E-state index contributed by atoms with van der Waals surface area (Å²) in [5, 5.41) is 2.95. The maximum atomic E-state index is 12.4. The van der Waals surface area contributed by atoms with Crippen molar-refractivity contribution in [1.29, 1.82) is 0 Å². The van der Waals surface area contributed by atoms with Gasteiger partial charge in [-0.3, -0.25) is 0 Å². The molecular weight excluding hydrogens is 302 g/mol. The highest BCUT2D eigenvalue weighted by molar-refractivity contribution is 7.92. The Morgan fingerprint density at radius 1 is 1.35 bits per heavy atom. The summed E-state index contributed by atoms with van der Waals surface area (Å²) in [5.41, 5.74) is 0. The van der Waals surface area contributed by atoms with Crippen LogP contribution in [0.15, 0.2) is 23.2 Å². The lowest BCUT2D eigenvalue weighted by Crippen LogP contribution is -2.43. The zero-order valence-corrected chi connectivity index (χ0v) is 12.7. The molecule has 0 aromatic carbocycles. The van der Waals surface area contributed by atoms with Gasteiger partial charge in [-0.2, -0.15) is 4.31 Å². The lowest BCUT2D eigenvalue weighted by Gasteiger charge is -2.26. The molecule has 1 aliphatic rings. The molecule has 0 spiro atoms. The van der Waals surface area contributed by atoms with Crippen LogP contribution in [0.25, 0.3) is 0 Å². The van der Waals surface area contributed by atoms with Gasteiger partial charge in [0, 0.05) is 31.9 Å². The van der Waals surface area contributed by atoms with E-state index in [1.54, 1.807) is 0 Å². The van der Waals surface area contributed by atoms with Gasteiger partial charge in [-0.05, 0) is 13.0 Å². The minimum absolute atomic E-state index is 0.00350. The van der Waals surface area contributed by atoms with Gasteiger partial charge in [0.25, 0.3) is 0 Å². The van der Waals surface area contributed by atoms with Crippen molar-refractivity contribution in [3.63, 3.8) is 0 Å². The van der Waals surface area contributed by atoms with E-state index in [9.17, 15) is 16.8 Å². The number of anilines is 1. The zero-order chi connectivity index (χ0) is 14.8. The topological polar surface area (TPSA) is 96.4 Å². The Morgan fingerprint density at radius 2 is 2.00 bits per heavy atom. The van der Waals surface area contributed by atoms with Crippen LogP contribution in [0.3, 0.4) is 0 Å². The average Bonchev–Trinajstić information content (AvgIpc) is 2.39. The molecule has 112 valence electrons. The molecule has 1 fully saturated rings. The van der Waals surface area contributed by atoms with E-state index in [4.69, 9.17) is 0 Å². The highest BCUT2D eigenvalue weighted by Gasteiger charge is 2.31. The van der Waals surface area contributed by atoms with Crippen LogP contribution < -0.4 is 5.32 Å². The molecule has 0 saturated carbocycles. The predicted octanol–water partition coefficient (Wildman–Crippen LogP) is -0.0675. The van der Waals surface area contributed by atoms with Crippen LogP contribution in [0.2, 0.25) is 0 Å². The minimum atomic E-state index is -3.66. The second-order valence-electron chi connectivity index (χ2n) is 4.46. The van der Waals surface area contributed by atoms with E-state index in [1.807, 2.05) is 6.92 Å². The van der Waals surface area contributed by atoms with Crippen LogP contribution in [0.4, 0.5) is 5.82 Å². The summed E-state index contributed by atoms with van der Waals surface area (Å²) in [4.78, 5) is 4.15. The van der Waals surface area contributed by atoms with Crippen LogP contribution >= 0.6 is 0 Å². The van der Waals surface area contributed by atoms with E-state index in [0.29, 0.717) is 12.4 Å². The highest BCUT2D eigenvalue weighted by atomic mass is 32.2. The van der Waals surface area contributed by atoms with Gasteiger partial charge in [-0.15, -0.1) is 0 Å². The smallest absolute Gasteiger partial charge is 0.243 e. The van der Waals surface area contributed by atoms with Crippen LogP contribution in [0, 0.1) is 0 Å². The van der Waals surface area contributed by atoms with Crippen LogP contribution in [0.5, 0.6) is 0 Å². The van der Waals surface area contributed by atoms with Crippen LogP contribution in [-0.4, -0.2) is 57.3 Å². The Balaban J connectivity index is 2.24. The van der Waals surface area contributed by atoms with E-state index in [2.05, 4.69) is 10.3 Å². The number of rotatable bonds is 4. The first kappa shape index (κ1) is 15.2. The monoisotopic (exact) mass is 319 g/mol. The van der Waals surface area contributed by atoms with Gasteiger partial charge in [0.2, 0.25) is 10.0 Å². The highest BCUT2D eigenvalue weighted by Crippen LogP contribution is 2.19. The number of pyridine rings is 1. The molecule has 2 rings (SSSR count). The molecule has 0 amide bonds. The molecule has 2 heterocycles. The second kappa shape index (κ2) is 5.66. The van der Waals surface area contributed by atoms with Gasteiger partial charge in [-0.1, -0.05) is 0 Å². The molecule has 0 aliphatic carbocycles. The molecule has 20 heavy (non-hydrogen) atoms. The fourth-order valence-corrected chi connectivity index (χ4v) is 4.82. The summed E-state index contributed by atoms with van der Waals surface area (Å²) in [6.07, 6.45) is 1.42. The Labute approximate surface area is 119 Å². The number of sulfonamides is 1. The molecule has 1 aromatic heterocycles. The molecular formula is C11H17N3O4S2. The van der Waals surface area contributed by atoms with Gasteiger partial charge in [-0.25, -0.2) is 21.8 Å². The lowest BCUT2D eigenvalue weighted by atomic mass is 10.4. The zero-order valence-electron chi connectivity index (χ0n) is 11.1. The normalized spacial score (nSPS) is 19.6. The van der Waals surface area contributed by atoms with E-state index in [1.165, 1.54) is 22.6 Å². The van der Waals surface area contributed by atoms with Gasteiger partial charge in [0.05, 0.1) is 16.4 Å². The van der Waals surface area contributed by atoms with Gasteiger partial charge in [0.15, 0.2) is 9.84 Å². The number of nitrogens with zero attached hydrogens (tertiary/aromatic N) is 2. The fraction of sp³-hybridized carbons (Fsp3) is 0.545. The molecule has 0 unspecified atom stereocenters. The minimum Gasteiger partial charge on any atom is -0.370 e. The number of nitrogens with one attached hydrogen (secondary N) is 1. The standard InChI is InChI=1S/C11H17N3O4S2/c1-2-12-11-9-10(3-4-13-11)20(17,18)14-5-7-19(15,16)8-6-14/h3-4,9H,2,5-8H2,1H3,(H,12,13). The first-order valence-corrected chi connectivity index (χ1v) is 9.52. The van der Waals surface area contributed by atoms with Crippen molar-refractivity contribution in [2.24, 2.45) is 0 Å². The number of hydrogen-bond donors (Lipinski definition) is 1. The lowest BCUT2D eigenvalue weighted by molar-refractivity contribution is 0.430. The largest absolute Gasteiger partial charge is 0.370 e. The van der Waals surface area contributed by atoms with E-state index in [-0.39, 0.29) is 29.5 Å². The number of sulfone groups is 1. The molecule has 1 aromatic rings. The third kappa shape index (κ3) is 3.28. The summed E-state index contributed by atoms with van der Waals surface area (Å²) < 4.78 is 48.8. The van der Waals surface area contributed by atoms with Crippen molar-refractivity contribution < 1.29 is 16.8 Å². The molecule has 0 radical (unpaired) electrons. The second-order valence-corrected chi connectivity index (χ2v) is 8.70. The number of hydrogen-bond acceptors (Lipinski definition) is 6. The van der Waals surface area contributed by atoms with Crippen molar-refractivity contribution in [2.45, 2.75) is 11.8 Å². The molecule has 1 N–H and O–H groups in total.